The van der Waals surface area contributed by atoms with Crippen LogP contribution in [0, 0.1) is 5.92 Å². The molecular formula is C17H23NO4. The van der Waals surface area contributed by atoms with Gasteiger partial charge >= 0.3 is 5.97 Å². The molecule has 22 heavy (non-hydrogen) atoms. The van der Waals surface area contributed by atoms with E-state index in [2.05, 4.69) is 12.2 Å². The number of carbonyl (C=O) groups is 2. The lowest BCUT2D eigenvalue weighted by Crippen LogP contribution is -2.38. The first kappa shape index (κ1) is 16.3. The number of ether oxygens (including phenoxy) is 1. The number of carboxylic acid groups (broad SMARTS) is 1. The molecule has 0 spiro atoms. The van der Waals surface area contributed by atoms with Crippen LogP contribution >= 0.6 is 0 Å². The number of hydrogen-bond acceptors (Lipinski definition) is 3. The van der Waals surface area contributed by atoms with Gasteiger partial charge in [-0.25, -0.2) is 4.79 Å². The topological polar surface area (TPSA) is 75.6 Å². The van der Waals surface area contributed by atoms with Crippen molar-refractivity contribution in [3.8, 4) is 5.75 Å². The summed E-state index contributed by atoms with van der Waals surface area (Å²) in [5.74, 6) is -0.246. The highest BCUT2D eigenvalue weighted by molar-refractivity contribution is 5.94. The molecule has 120 valence electrons. The molecule has 1 fully saturated rings. The van der Waals surface area contributed by atoms with Crippen LogP contribution in [-0.4, -0.2) is 29.6 Å². The summed E-state index contributed by atoms with van der Waals surface area (Å²) in [7, 11) is 0. The Morgan fingerprint density at radius 1 is 1.32 bits per heavy atom. The van der Waals surface area contributed by atoms with E-state index in [9.17, 15) is 9.59 Å². The minimum Gasteiger partial charge on any atom is -0.482 e. The summed E-state index contributed by atoms with van der Waals surface area (Å²) in [6.45, 7) is 1.64. The lowest BCUT2D eigenvalue weighted by Gasteiger charge is -2.28. The predicted octanol–water partition coefficient (Wildman–Crippen LogP) is 2.85. The third-order valence-electron chi connectivity index (χ3n) is 4.17. The first-order valence-corrected chi connectivity index (χ1v) is 7.82. The van der Waals surface area contributed by atoms with Crippen LogP contribution in [0.3, 0.4) is 0 Å². The molecule has 0 aliphatic heterocycles. The molecule has 5 heteroatoms. The maximum Gasteiger partial charge on any atom is 0.341 e. The van der Waals surface area contributed by atoms with Gasteiger partial charge in [0, 0.05) is 11.6 Å². The third-order valence-corrected chi connectivity index (χ3v) is 4.17. The second-order valence-electron chi connectivity index (χ2n) is 5.87. The van der Waals surface area contributed by atoms with Crippen molar-refractivity contribution in [3.63, 3.8) is 0 Å². The summed E-state index contributed by atoms with van der Waals surface area (Å²) >= 11 is 0. The minimum absolute atomic E-state index is 0.140. The van der Waals surface area contributed by atoms with Crippen LogP contribution in [0.1, 0.15) is 49.4 Å². The van der Waals surface area contributed by atoms with Gasteiger partial charge in [-0.3, -0.25) is 4.79 Å². The zero-order chi connectivity index (χ0) is 15.9. The van der Waals surface area contributed by atoms with Crippen molar-refractivity contribution in [1.29, 1.82) is 0 Å². The normalized spacial score (nSPS) is 16.8. The average Bonchev–Trinajstić information content (AvgIpc) is 2.54. The van der Waals surface area contributed by atoms with Gasteiger partial charge in [0.2, 0.25) is 0 Å². The molecule has 1 atom stereocenters. The van der Waals surface area contributed by atoms with E-state index in [0.717, 1.165) is 0 Å². The molecule has 1 unspecified atom stereocenters. The molecule has 1 aromatic rings. The largest absolute Gasteiger partial charge is 0.482 e. The molecule has 0 saturated heterocycles. The highest BCUT2D eigenvalue weighted by atomic mass is 16.5. The van der Waals surface area contributed by atoms with Crippen LogP contribution in [-0.2, 0) is 4.79 Å². The van der Waals surface area contributed by atoms with Crippen molar-refractivity contribution in [2.75, 3.05) is 6.61 Å². The molecule has 0 bridgehead atoms. The van der Waals surface area contributed by atoms with E-state index >= 15 is 0 Å². The van der Waals surface area contributed by atoms with Gasteiger partial charge in [-0.1, -0.05) is 25.3 Å². The number of carboxylic acids is 1. The Balaban J connectivity index is 1.93. The molecular weight excluding hydrogens is 282 g/mol. The summed E-state index contributed by atoms with van der Waals surface area (Å²) in [6.07, 6.45) is 6.11. The van der Waals surface area contributed by atoms with E-state index in [-0.39, 0.29) is 11.9 Å². The third kappa shape index (κ3) is 4.76. The molecule has 1 saturated carbocycles. The fourth-order valence-electron chi connectivity index (χ4n) is 2.91. The molecule has 0 heterocycles. The Kier molecular flexibility index (Phi) is 5.81. The van der Waals surface area contributed by atoms with E-state index in [1.807, 2.05) is 0 Å². The first-order chi connectivity index (χ1) is 10.6. The number of benzene rings is 1. The lowest BCUT2D eigenvalue weighted by atomic mass is 9.84. The fraction of sp³-hybridized carbons (Fsp3) is 0.529. The van der Waals surface area contributed by atoms with Crippen LogP contribution in [0.2, 0.25) is 0 Å². The quantitative estimate of drug-likeness (QED) is 0.847. The van der Waals surface area contributed by atoms with Crippen molar-refractivity contribution in [1.82, 2.24) is 5.32 Å². The van der Waals surface area contributed by atoms with Gasteiger partial charge in [-0.05, 0) is 43.9 Å². The maximum atomic E-state index is 12.3. The number of carbonyl (C=O) groups excluding carboxylic acids is 1. The average molecular weight is 305 g/mol. The molecule has 0 radical (unpaired) electrons. The molecule has 0 aromatic heterocycles. The highest BCUT2D eigenvalue weighted by Gasteiger charge is 2.21. The van der Waals surface area contributed by atoms with Crippen LogP contribution < -0.4 is 10.1 Å². The summed E-state index contributed by atoms with van der Waals surface area (Å²) in [5.41, 5.74) is 0.491. The van der Waals surface area contributed by atoms with Crippen LogP contribution in [0.5, 0.6) is 5.75 Å². The second kappa shape index (κ2) is 7.82. The Morgan fingerprint density at radius 2 is 2.05 bits per heavy atom. The summed E-state index contributed by atoms with van der Waals surface area (Å²) < 4.78 is 5.10. The van der Waals surface area contributed by atoms with Gasteiger partial charge in [-0.15, -0.1) is 0 Å². The number of hydrogen-bond donors (Lipinski definition) is 2. The minimum atomic E-state index is -1.04. The van der Waals surface area contributed by atoms with Gasteiger partial charge in [0.05, 0.1) is 0 Å². The Hall–Kier alpha value is -2.04. The zero-order valence-electron chi connectivity index (χ0n) is 12.9. The molecule has 1 aliphatic carbocycles. The smallest absolute Gasteiger partial charge is 0.341 e. The monoisotopic (exact) mass is 305 g/mol. The Labute approximate surface area is 130 Å². The van der Waals surface area contributed by atoms with E-state index in [1.54, 1.807) is 24.3 Å². The first-order valence-electron chi connectivity index (χ1n) is 7.82. The second-order valence-corrected chi connectivity index (χ2v) is 5.87. The molecule has 1 amide bonds. The van der Waals surface area contributed by atoms with E-state index in [1.165, 1.54) is 32.1 Å². The van der Waals surface area contributed by atoms with Crippen LogP contribution in [0.15, 0.2) is 24.3 Å². The Morgan fingerprint density at radius 3 is 2.73 bits per heavy atom. The van der Waals surface area contributed by atoms with E-state index < -0.39 is 12.6 Å². The maximum absolute atomic E-state index is 12.3. The van der Waals surface area contributed by atoms with Gasteiger partial charge in [-0.2, -0.15) is 0 Å². The van der Waals surface area contributed by atoms with Crippen molar-refractivity contribution in [3.05, 3.63) is 29.8 Å². The van der Waals surface area contributed by atoms with Crippen molar-refractivity contribution in [2.24, 2.45) is 5.92 Å². The number of aliphatic carboxylic acids is 1. The zero-order valence-corrected chi connectivity index (χ0v) is 12.9. The predicted molar refractivity (Wildman–Crippen MR) is 83.1 cm³/mol. The number of rotatable bonds is 6. The van der Waals surface area contributed by atoms with Crippen molar-refractivity contribution >= 4 is 11.9 Å². The van der Waals surface area contributed by atoms with Crippen LogP contribution in [0.25, 0.3) is 0 Å². The molecule has 5 nitrogen and oxygen atoms in total. The van der Waals surface area contributed by atoms with Gasteiger partial charge in [0.1, 0.15) is 5.75 Å². The molecule has 2 rings (SSSR count). The van der Waals surface area contributed by atoms with Gasteiger partial charge in [0.25, 0.3) is 5.91 Å². The highest BCUT2D eigenvalue weighted by Crippen LogP contribution is 2.26. The molecule has 2 N–H and O–H groups in total. The summed E-state index contributed by atoms with van der Waals surface area (Å²) in [5, 5.41) is 11.7. The summed E-state index contributed by atoms with van der Waals surface area (Å²) in [6, 6.07) is 6.76. The van der Waals surface area contributed by atoms with Crippen molar-refractivity contribution < 1.29 is 19.4 Å². The Bertz CT molecular complexity index is 523. The number of nitrogens with one attached hydrogen (secondary N) is 1. The SMILES string of the molecule is CC(NC(=O)c1cccc(OCC(=O)O)c1)C1CCCCC1. The standard InChI is InChI=1S/C17H23NO4/c1-12(13-6-3-2-4-7-13)18-17(21)14-8-5-9-15(10-14)22-11-16(19)20/h5,8-10,12-13H,2-4,6-7,11H2,1H3,(H,18,21)(H,19,20). The summed E-state index contributed by atoms with van der Waals surface area (Å²) in [4.78, 5) is 22.8. The number of amides is 1. The van der Waals surface area contributed by atoms with Crippen molar-refractivity contribution in [2.45, 2.75) is 45.1 Å². The van der Waals surface area contributed by atoms with Crippen LogP contribution in [0.4, 0.5) is 0 Å². The van der Waals surface area contributed by atoms with Gasteiger partial charge < -0.3 is 15.2 Å². The van der Waals surface area contributed by atoms with Gasteiger partial charge in [0.15, 0.2) is 6.61 Å². The fourth-order valence-corrected chi connectivity index (χ4v) is 2.91. The lowest BCUT2D eigenvalue weighted by molar-refractivity contribution is -0.139. The molecule has 1 aliphatic rings. The molecule has 1 aromatic carbocycles. The van der Waals surface area contributed by atoms with E-state index in [0.29, 0.717) is 17.2 Å². The van der Waals surface area contributed by atoms with E-state index in [4.69, 9.17) is 9.84 Å².